The molecule has 0 atom stereocenters. The number of rotatable bonds is 7. The van der Waals surface area contributed by atoms with E-state index in [1.807, 2.05) is 0 Å². The maximum absolute atomic E-state index is 12.1. The molecule has 0 aliphatic heterocycles. The third-order valence-electron chi connectivity index (χ3n) is 3.38. The van der Waals surface area contributed by atoms with Crippen molar-refractivity contribution in [3.8, 4) is 5.75 Å². The molecule has 142 valence electrons. The Kier molecular flexibility index (Phi) is 6.27. The number of carbonyl (C=O) groups is 2. The fourth-order valence-electron chi connectivity index (χ4n) is 2.07. The second-order valence-corrected chi connectivity index (χ2v) is 6.83. The van der Waals surface area contributed by atoms with Crippen molar-refractivity contribution in [3.05, 3.63) is 48.5 Å². The zero-order valence-corrected chi connectivity index (χ0v) is 15.0. The lowest BCUT2D eigenvalue weighted by Crippen LogP contribution is -2.22. The van der Waals surface area contributed by atoms with Crippen LogP contribution < -0.4 is 10.7 Å². The lowest BCUT2D eigenvalue weighted by Gasteiger charge is -2.09. The summed E-state index contributed by atoms with van der Waals surface area (Å²) >= 11 is 0. The minimum Gasteiger partial charge on any atom is -0.504 e. The molecule has 0 fully saturated rings. The highest BCUT2D eigenvalue weighted by Crippen LogP contribution is 2.30. The van der Waals surface area contributed by atoms with Gasteiger partial charge in [-0.05, 0) is 24.3 Å². The average molecular weight is 391 g/mol. The van der Waals surface area contributed by atoms with E-state index in [9.17, 15) is 23.1 Å². The number of benzene rings is 2. The Labute approximate surface area is 155 Å². The monoisotopic (exact) mass is 391 g/mol. The van der Waals surface area contributed by atoms with E-state index in [4.69, 9.17) is 4.55 Å². The lowest BCUT2D eigenvalue weighted by atomic mass is 10.2. The Balaban J connectivity index is 2.17. The van der Waals surface area contributed by atoms with E-state index in [1.165, 1.54) is 19.1 Å². The van der Waals surface area contributed by atoms with Crippen molar-refractivity contribution in [2.45, 2.75) is 18.2 Å². The van der Waals surface area contributed by atoms with Crippen LogP contribution in [0.2, 0.25) is 0 Å². The first-order valence-electron chi connectivity index (χ1n) is 7.66. The molecule has 0 radical (unpaired) electrons. The number of nitrogens with zero attached hydrogens (tertiary/aromatic N) is 1. The molecule has 0 saturated carbocycles. The van der Waals surface area contributed by atoms with E-state index in [1.54, 1.807) is 30.3 Å². The van der Waals surface area contributed by atoms with Crippen LogP contribution in [0, 0.1) is 0 Å². The van der Waals surface area contributed by atoms with Crippen molar-refractivity contribution >= 4 is 38.9 Å². The van der Waals surface area contributed by atoms with Crippen LogP contribution in [-0.4, -0.2) is 35.5 Å². The number of phenols is 1. The molecule has 0 unspecified atom stereocenters. The quantitative estimate of drug-likeness (QED) is 0.244. The van der Waals surface area contributed by atoms with Crippen molar-refractivity contribution in [1.82, 2.24) is 0 Å². The zero-order valence-electron chi connectivity index (χ0n) is 14.2. The molecule has 2 aromatic carbocycles. The van der Waals surface area contributed by atoms with Crippen LogP contribution in [-0.2, 0) is 19.7 Å². The van der Waals surface area contributed by atoms with Crippen molar-refractivity contribution in [2.75, 3.05) is 10.7 Å². The largest absolute Gasteiger partial charge is 0.504 e. The summed E-state index contributed by atoms with van der Waals surface area (Å²) in [6, 6.07) is 12.2. The SMILES string of the molecule is CC(=O)C(CC(=O)Nc1ccccc1)=NNc1cccc(S(=O)(=O)O)c1O. The van der Waals surface area contributed by atoms with Crippen LogP contribution >= 0.6 is 0 Å². The molecule has 4 N–H and O–H groups in total. The average Bonchev–Trinajstić information content (AvgIpc) is 2.59. The van der Waals surface area contributed by atoms with E-state index < -0.39 is 32.5 Å². The molecule has 0 saturated heterocycles. The highest BCUT2D eigenvalue weighted by atomic mass is 32.2. The molecule has 1 amide bonds. The van der Waals surface area contributed by atoms with Crippen LogP contribution in [0.25, 0.3) is 0 Å². The molecule has 0 aliphatic rings. The first kappa shape index (κ1) is 20.1. The van der Waals surface area contributed by atoms with Crippen LogP contribution in [0.4, 0.5) is 11.4 Å². The topological polar surface area (TPSA) is 145 Å². The van der Waals surface area contributed by atoms with Crippen molar-refractivity contribution in [3.63, 3.8) is 0 Å². The number of Topliss-reactive ketones (excluding diaryl/α,β-unsaturated/α-hetero) is 1. The molecule has 9 nitrogen and oxygen atoms in total. The number of para-hydroxylation sites is 2. The Bertz CT molecular complexity index is 987. The smallest absolute Gasteiger partial charge is 0.298 e. The van der Waals surface area contributed by atoms with Gasteiger partial charge in [0.2, 0.25) is 5.91 Å². The number of nitrogens with one attached hydrogen (secondary N) is 2. The van der Waals surface area contributed by atoms with Gasteiger partial charge in [0.15, 0.2) is 11.5 Å². The van der Waals surface area contributed by atoms with Gasteiger partial charge >= 0.3 is 0 Å². The molecule has 0 aliphatic carbocycles. The third-order valence-corrected chi connectivity index (χ3v) is 4.27. The van der Waals surface area contributed by atoms with E-state index >= 15 is 0 Å². The fourth-order valence-corrected chi connectivity index (χ4v) is 2.67. The Morgan fingerprint density at radius 1 is 1.07 bits per heavy atom. The normalized spacial score (nSPS) is 11.7. The maximum Gasteiger partial charge on any atom is 0.298 e. The van der Waals surface area contributed by atoms with Gasteiger partial charge in [-0.3, -0.25) is 19.6 Å². The second-order valence-electron chi connectivity index (χ2n) is 5.44. The summed E-state index contributed by atoms with van der Waals surface area (Å²) in [6.45, 7) is 1.21. The minimum absolute atomic E-state index is 0.139. The number of phenolic OH excluding ortho intramolecular Hbond substituents is 1. The molecule has 2 aromatic rings. The lowest BCUT2D eigenvalue weighted by molar-refractivity contribution is -0.116. The number of carbonyl (C=O) groups excluding carboxylic acids is 2. The number of hydrogen-bond donors (Lipinski definition) is 4. The van der Waals surface area contributed by atoms with Gasteiger partial charge in [-0.15, -0.1) is 0 Å². The third kappa shape index (κ3) is 5.62. The van der Waals surface area contributed by atoms with Crippen LogP contribution in [0.3, 0.4) is 0 Å². The van der Waals surface area contributed by atoms with E-state index in [2.05, 4.69) is 15.8 Å². The summed E-state index contributed by atoms with van der Waals surface area (Å²) in [4.78, 5) is 23.1. The summed E-state index contributed by atoms with van der Waals surface area (Å²) in [7, 11) is -4.63. The standard InChI is InChI=1S/C17H17N3O6S/c1-11(21)14(10-16(22)18-12-6-3-2-4-7-12)20-19-13-8-5-9-15(17(13)23)27(24,25)26/h2-9,19,23H,10H2,1H3,(H,18,22)(H,24,25,26). The number of hydrogen-bond acceptors (Lipinski definition) is 7. The van der Waals surface area contributed by atoms with Gasteiger partial charge in [-0.1, -0.05) is 24.3 Å². The van der Waals surface area contributed by atoms with Gasteiger partial charge < -0.3 is 10.4 Å². The number of amides is 1. The van der Waals surface area contributed by atoms with Gasteiger partial charge in [-0.2, -0.15) is 13.5 Å². The number of ketones is 1. The highest BCUT2D eigenvalue weighted by molar-refractivity contribution is 7.86. The van der Waals surface area contributed by atoms with Crippen LogP contribution in [0.5, 0.6) is 5.75 Å². The molecular formula is C17H17N3O6S. The van der Waals surface area contributed by atoms with E-state index in [-0.39, 0.29) is 17.8 Å². The summed E-state index contributed by atoms with van der Waals surface area (Å²) in [5, 5.41) is 16.3. The first-order valence-corrected chi connectivity index (χ1v) is 9.10. The molecule has 10 heteroatoms. The van der Waals surface area contributed by atoms with E-state index in [0.29, 0.717) is 5.69 Å². The number of aromatic hydroxyl groups is 1. The van der Waals surface area contributed by atoms with Crippen LogP contribution in [0.15, 0.2) is 58.5 Å². The van der Waals surface area contributed by atoms with Crippen molar-refractivity contribution in [2.24, 2.45) is 5.10 Å². The Hall–Kier alpha value is -3.24. The highest BCUT2D eigenvalue weighted by Gasteiger charge is 2.18. The molecule has 0 spiro atoms. The summed E-state index contributed by atoms with van der Waals surface area (Å²) < 4.78 is 31.5. The minimum atomic E-state index is -4.63. The predicted octanol–water partition coefficient (Wildman–Crippen LogP) is 2.02. The van der Waals surface area contributed by atoms with Crippen molar-refractivity contribution < 1.29 is 27.7 Å². The van der Waals surface area contributed by atoms with Gasteiger partial charge in [0.1, 0.15) is 10.6 Å². The number of hydrazone groups is 1. The van der Waals surface area contributed by atoms with Crippen molar-refractivity contribution in [1.29, 1.82) is 0 Å². The van der Waals surface area contributed by atoms with Crippen LogP contribution in [0.1, 0.15) is 13.3 Å². The molecule has 27 heavy (non-hydrogen) atoms. The molecule has 0 heterocycles. The number of anilines is 2. The van der Waals surface area contributed by atoms with Gasteiger partial charge in [-0.25, -0.2) is 0 Å². The second kappa shape index (κ2) is 8.43. The predicted molar refractivity (Wildman–Crippen MR) is 99.3 cm³/mol. The Morgan fingerprint density at radius 3 is 2.33 bits per heavy atom. The molecular weight excluding hydrogens is 374 g/mol. The summed E-state index contributed by atoms with van der Waals surface area (Å²) in [5.74, 6) is -1.73. The summed E-state index contributed by atoms with van der Waals surface area (Å²) in [6.07, 6.45) is -0.337. The molecule has 0 bridgehead atoms. The zero-order chi connectivity index (χ0) is 20.0. The molecule has 2 rings (SSSR count). The van der Waals surface area contributed by atoms with Gasteiger partial charge in [0, 0.05) is 12.6 Å². The summed E-state index contributed by atoms with van der Waals surface area (Å²) in [5.41, 5.74) is 2.59. The maximum atomic E-state index is 12.1. The van der Waals surface area contributed by atoms with Gasteiger partial charge in [0.05, 0.1) is 12.1 Å². The van der Waals surface area contributed by atoms with Gasteiger partial charge in [0.25, 0.3) is 10.1 Å². The first-order chi connectivity index (χ1) is 12.7. The Morgan fingerprint density at radius 2 is 1.74 bits per heavy atom. The molecule has 0 aromatic heterocycles. The fraction of sp³-hybridized carbons (Fsp3) is 0.118. The van der Waals surface area contributed by atoms with E-state index in [0.717, 1.165) is 6.07 Å².